The van der Waals surface area contributed by atoms with Crippen LogP contribution in [0.5, 0.6) is 0 Å². The summed E-state index contributed by atoms with van der Waals surface area (Å²) in [6.45, 7) is 1.76. The number of benzene rings is 1. The van der Waals surface area contributed by atoms with E-state index in [9.17, 15) is 5.11 Å². The second-order valence-electron chi connectivity index (χ2n) is 6.19. The van der Waals surface area contributed by atoms with E-state index in [4.69, 9.17) is 17.3 Å². The van der Waals surface area contributed by atoms with Gasteiger partial charge in [-0.15, -0.1) is 0 Å². The summed E-state index contributed by atoms with van der Waals surface area (Å²) < 4.78 is 0. The highest BCUT2D eigenvalue weighted by molar-refractivity contribution is 6.31. The van der Waals surface area contributed by atoms with E-state index in [-0.39, 0.29) is 12.0 Å². The van der Waals surface area contributed by atoms with Crippen LogP contribution in [-0.4, -0.2) is 34.8 Å². The maximum absolute atomic E-state index is 9.98. The van der Waals surface area contributed by atoms with Gasteiger partial charge in [-0.3, -0.25) is 0 Å². The van der Waals surface area contributed by atoms with Gasteiger partial charge in [0.05, 0.1) is 0 Å². The van der Waals surface area contributed by atoms with E-state index in [0.717, 1.165) is 42.9 Å². The maximum atomic E-state index is 9.98. The fraction of sp³-hybridized carbons (Fsp3) is 0.412. The molecule has 1 aromatic heterocycles. The average Bonchev–Trinajstić information content (AvgIpc) is 2.58. The fourth-order valence-electron chi connectivity index (χ4n) is 3.13. The van der Waals surface area contributed by atoms with E-state index >= 15 is 0 Å². The van der Waals surface area contributed by atoms with Crippen molar-refractivity contribution < 1.29 is 5.11 Å². The van der Waals surface area contributed by atoms with Crippen LogP contribution in [-0.2, 0) is 6.42 Å². The van der Waals surface area contributed by atoms with Gasteiger partial charge in [0.1, 0.15) is 5.82 Å². The Labute approximate surface area is 141 Å². The highest BCUT2D eigenvalue weighted by Crippen LogP contribution is 2.37. The summed E-state index contributed by atoms with van der Waals surface area (Å²) in [6, 6.07) is 9.53. The van der Waals surface area contributed by atoms with E-state index in [1.807, 2.05) is 24.3 Å². The Hall–Kier alpha value is -1.85. The Morgan fingerprint density at radius 2 is 1.96 bits per heavy atom. The number of nitrogens with zero attached hydrogens (tertiary/aromatic N) is 3. The lowest BCUT2D eigenvalue weighted by atomic mass is 9.74. The van der Waals surface area contributed by atoms with Crippen LogP contribution >= 0.6 is 11.6 Å². The Morgan fingerprint density at radius 3 is 2.61 bits per heavy atom. The number of halogens is 1. The lowest BCUT2D eigenvalue weighted by Gasteiger charge is -2.41. The van der Waals surface area contributed by atoms with Crippen molar-refractivity contribution in [1.82, 2.24) is 9.97 Å². The summed E-state index contributed by atoms with van der Waals surface area (Å²) in [6.07, 6.45) is 4.20. The number of hydrogen-bond donors (Lipinski definition) is 2. The van der Waals surface area contributed by atoms with Gasteiger partial charge in [-0.05, 0) is 37.0 Å². The zero-order valence-corrected chi connectivity index (χ0v) is 13.7. The van der Waals surface area contributed by atoms with Crippen LogP contribution in [0.1, 0.15) is 18.4 Å². The first-order chi connectivity index (χ1) is 11.1. The van der Waals surface area contributed by atoms with Gasteiger partial charge in [-0.25, -0.2) is 4.98 Å². The lowest BCUT2D eigenvalue weighted by Crippen LogP contribution is -2.44. The minimum atomic E-state index is -0.137. The number of aliphatic hydroxyl groups excluding tert-OH is 1. The number of rotatable bonds is 4. The molecule has 1 aromatic carbocycles. The first-order valence-corrected chi connectivity index (χ1v) is 8.17. The molecular weight excluding hydrogens is 312 g/mol. The molecule has 0 saturated carbocycles. The van der Waals surface area contributed by atoms with Crippen LogP contribution < -0.4 is 10.6 Å². The monoisotopic (exact) mass is 332 g/mol. The minimum absolute atomic E-state index is 0.137. The largest absolute Gasteiger partial charge is 0.396 e. The first kappa shape index (κ1) is 16.0. The standard InChI is InChI=1S/C17H21ClN4O/c18-14-4-2-1-3-13(14)11-17(12-23)6-9-22(10-7-17)16-20-8-5-15(19)21-16/h1-5,8,23H,6-7,9-12H2,(H2,19,20,21). The van der Waals surface area contributed by atoms with E-state index in [1.54, 1.807) is 12.3 Å². The third-order valence-corrected chi connectivity index (χ3v) is 5.00. The summed E-state index contributed by atoms with van der Waals surface area (Å²) in [4.78, 5) is 10.7. The van der Waals surface area contributed by atoms with E-state index in [0.29, 0.717) is 11.8 Å². The van der Waals surface area contributed by atoms with Crippen molar-refractivity contribution in [3.05, 3.63) is 47.1 Å². The molecule has 23 heavy (non-hydrogen) atoms. The average molecular weight is 333 g/mol. The van der Waals surface area contributed by atoms with Crippen molar-refractivity contribution in [2.75, 3.05) is 30.3 Å². The topological polar surface area (TPSA) is 75.3 Å². The molecule has 0 aliphatic carbocycles. The summed E-state index contributed by atoms with van der Waals surface area (Å²) in [7, 11) is 0. The molecule has 3 rings (SSSR count). The molecule has 1 aliphatic rings. The van der Waals surface area contributed by atoms with E-state index < -0.39 is 0 Å². The normalized spacial score (nSPS) is 17.2. The van der Waals surface area contributed by atoms with Gasteiger partial charge in [0.2, 0.25) is 5.95 Å². The van der Waals surface area contributed by atoms with Crippen LogP contribution in [0.15, 0.2) is 36.5 Å². The molecule has 0 unspecified atom stereocenters. The molecule has 1 saturated heterocycles. The zero-order valence-electron chi connectivity index (χ0n) is 13.0. The number of piperidine rings is 1. The number of anilines is 2. The third kappa shape index (κ3) is 3.57. The Morgan fingerprint density at radius 1 is 1.22 bits per heavy atom. The molecule has 0 spiro atoms. The van der Waals surface area contributed by atoms with Crippen LogP contribution in [0.4, 0.5) is 11.8 Å². The Bertz CT molecular complexity index is 671. The van der Waals surface area contributed by atoms with Crippen molar-refractivity contribution >= 4 is 23.4 Å². The molecule has 2 aromatic rings. The SMILES string of the molecule is Nc1ccnc(N2CCC(CO)(Cc3ccccc3Cl)CC2)n1. The molecule has 1 fully saturated rings. The molecule has 2 heterocycles. The van der Waals surface area contributed by atoms with Crippen LogP contribution in [0, 0.1) is 5.41 Å². The number of nitrogen functional groups attached to an aromatic ring is 1. The highest BCUT2D eigenvalue weighted by Gasteiger charge is 2.35. The highest BCUT2D eigenvalue weighted by atomic mass is 35.5. The number of aliphatic hydroxyl groups is 1. The summed E-state index contributed by atoms with van der Waals surface area (Å²) >= 11 is 6.28. The minimum Gasteiger partial charge on any atom is -0.396 e. The molecule has 1 aliphatic heterocycles. The van der Waals surface area contributed by atoms with Gasteiger partial charge in [0.15, 0.2) is 0 Å². The Kier molecular flexibility index (Phi) is 4.68. The number of aromatic nitrogens is 2. The van der Waals surface area contributed by atoms with Gasteiger partial charge in [-0.1, -0.05) is 29.8 Å². The quantitative estimate of drug-likeness (QED) is 0.900. The van der Waals surface area contributed by atoms with Crippen LogP contribution in [0.2, 0.25) is 5.02 Å². The predicted octanol–water partition coefficient (Wildman–Crippen LogP) is 2.53. The van der Waals surface area contributed by atoms with Gasteiger partial charge >= 0.3 is 0 Å². The first-order valence-electron chi connectivity index (χ1n) is 7.80. The number of hydrogen-bond acceptors (Lipinski definition) is 5. The second-order valence-corrected chi connectivity index (χ2v) is 6.60. The summed E-state index contributed by atoms with van der Waals surface area (Å²) in [5.41, 5.74) is 6.69. The van der Waals surface area contributed by atoms with Crippen molar-refractivity contribution in [2.45, 2.75) is 19.3 Å². The summed E-state index contributed by atoms with van der Waals surface area (Å²) in [5, 5.41) is 10.7. The van der Waals surface area contributed by atoms with Crippen molar-refractivity contribution in [3.8, 4) is 0 Å². The lowest BCUT2D eigenvalue weighted by molar-refractivity contribution is 0.0959. The Balaban J connectivity index is 1.71. The molecule has 0 atom stereocenters. The van der Waals surface area contributed by atoms with Crippen molar-refractivity contribution in [2.24, 2.45) is 5.41 Å². The maximum Gasteiger partial charge on any atom is 0.227 e. The van der Waals surface area contributed by atoms with Gasteiger partial charge in [0, 0.05) is 36.3 Å². The van der Waals surface area contributed by atoms with E-state index in [1.165, 1.54) is 0 Å². The van der Waals surface area contributed by atoms with Crippen molar-refractivity contribution in [3.63, 3.8) is 0 Å². The van der Waals surface area contributed by atoms with Gasteiger partial charge < -0.3 is 15.7 Å². The molecule has 0 bridgehead atoms. The van der Waals surface area contributed by atoms with Crippen LogP contribution in [0.3, 0.4) is 0 Å². The molecule has 6 heteroatoms. The molecule has 3 N–H and O–H groups in total. The fourth-order valence-corrected chi connectivity index (χ4v) is 3.33. The molecule has 5 nitrogen and oxygen atoms in total. The van der Waals surface area contributed by atoms with Gasteiger partial charge in [0.25, 0.3) is 0 Å². The number of nitrogens with two attached hydrogens (primary N) is 1. The molecular formula is C17H21ClN4O. The molecule has 0 radical (unpaired) electrons. The smallest absolute Gasteiger partial charge is 0.227 e. The van der Waals surface area contributed by atoms with Crippen molar-refractivity contribution in [1.29, 1.82) is 0 Å². The zero-order chi connectivity index (χ0) is 16.3. The van der Waals surface area contributed by atoms with Gasteiger partial charge in [-0.2, -0.15) is 4.98 Å². The third-order valence-electron chi connectivity index (χ3n) is 4.63. The predicted molar refractivity (Wildman–Crippen MR) is 92.6 cm³/mol. The molecule has 122 valence electrons. The van der Waals surface area contributed by atoms with E-state index in [2.05, 4.69) is 14.9 Å². The molecule has 0 amide bonds. The summed E-state index contributed by atoms with van der Waals surface area (Å²) in [5.74, 6) is 1.14. The second kappa shape index (κ2) is 6.72. The van der Waals surface area contributed by atoms with Crippen LogP contribution in [0.25, 0.3) is 0 Å².